The van der Waals surface area contributed by atoms with Crippen LogP contribution in [0.15, 0.2) is 24.7 Å². The van der Waals surface area contributed by atoms with Gasteiger partial charge in [-0.1, -0.05) is 0 Å². The highest BCUT2D eigenvalue weighted by molar-refractivity contribution is 7.15. The van der Waals surface area contributed by atoms with Crippen molar-refractivity contribution in [3.63, 3.8) is 0 Å². The number of anilines is 1. The standard InChI is InChI=1S/C16H20N4O3S/c1-11-6-19-16(24-11)20-15(21)18-7-13-2-4-17-8-14(13)23-10-12-3-5-22-9-12/h2,4,6,8,12H,3,5,7,9-10H2,1H3,(H2,18,19,20,21). The Labute approximate surface area is 144 Å². The van der Waals surface area contributed by atoms with E-state index in [9.17, 15) is 4.79 Å². The van der Waals surface area contributed by atoms with Crippen LogP contribution in [0.4, 0.5) is 9.93 Å². The maximum Gasteiger partial charge on any atom is 0.321 e. The van der Waals surface area contributed by atoms with Crippen molar-refractivity contribution in [2.75, 3.05) is 25.1 Å². The van der Waals surface area contributed by atoms with E-state index in [2.05, 4.69) is 20.6 Å². The molecule has 1 aliphatic rings. The molecule has 0 spiro atoms. The summed E-state index contributed by atoms with van der Waals surface area (Å²) in [6.45, 7) is 4.44. The summed E-state index contributed by atoms with van der Waals surface area (Å²) in [4.78, 5) is 21.2. The molecular weight excluding hydrogens is 328 g/mol. The molecule has 1 atom stereocenters. The Morgan fingerprint density at radius 2 is 2.42 bits per heavy atom. The van der Waals surface area contributed by atoms with Crippen molar-refractivity contribution in [3.05, 3.63) is 35.1 Å². The fraction of sp³-hybridized carbons (Fsp3) is 0.438. The summed E-state index contributed by atoms with van der Waals surface area (Å²) in [5.74, 6) is 1.11. The van der Waals surface area contributed by atoms with Crippen molar-refractivity contribution in [2.45, 2.75) is 19.9 Å². The molecule has 2 aromatic heterocycles. The minimum absolute atomic E-state index is 0.295. The van der Waals surface area contributed by atoms with E-state index in [1.54, 1.807) is 18.6 Å². The Hall–Kier alpha value is -2.19. The Morgan fingerprint density at radius 1 is 1.50 bits per heavy atom. The molecule has 0 aromatic carbocycles. The quantitative estimate of drug-likeness (QED) is 0.838. The molecule has 1 fully saturated rings. The molecular formula is C16H20N4O3S. The summed E-state index contributed by atoms with van der Waals surface area (Å²) in [6, 6.07) is 1.55. The first-order chi connectivity index (χ1) is 11.7. The van der Waals surface area contributed by atoms with Gasteiger partial charge in [-0.2, -0.15) is 0 Å². The summed E-state index contributed by atoms with van der Waals surface area (Å²) in [5.41, 5.74) is 0.884. The van der Waals surface area contributed by atoms with Crippen molar-refractivity contribution in [1.82, 2.24) is 15.3 Å². The minimum atomic E-state index is -0.295. The predicted molar refractivity (Wildman–Crippen MR) is 91.4 cm³/mol. The predicted octanol–water partition coefficient (Wildman–Crippen LogP) is 2.58. The SMILES string of the molecule is Cc1cnc(NC(=O)NCc2ccncc2OCC2CCOC2)s1. The number of aromatic nitrogens is 2. The Morgan fingerprint density at radius 3 is 3.17 bits per heavy atom. The van der Waals surface area contributed by atoms with Gasteiger partial charge in [0.2, 0.25) is 0 Å². The van der Waals surface area contributed by atoms with E-state index in [1.165, 1.54) is 11.3 Å². The van der Waals surface area contributed by atoms with Crippen LogP contribution in [0, 0.1) is 12.8 Å². The van der Waals surface area contributed by atoms with Crippen LogP contribution in [0.25, 0.3) is 0 Å². The summed E-state index contributed by atoms with van der Waals surface area (Å²) in [7, 11) is 0. The number of nitrogens with zero attached hydrogens (tertiary/aromatic N) is 2. The van der Waals surface area contributed by atoms with Gasteiger partial charge in [0.05, 0.1) is 19.4 Å². The van der Waals surface area contributed by atoms with Crippen LogP contribution in [-0.2, 0) is 11.3 Å². The molecule has 1 unspecified atom stereocenters. The van der Waals surface area contributed by atoms with Crippen molar-refractivity contribution < 1.29 is 14.3 Å². The fourth-order valence-corrected chi connectivity index (χ4v) is 3.00. The van der Waals surface area contributed by atoms with E-state index in [0.29, 0.717) is 30.0 Å². The average molecular weight is 348 g/mol. The van der Waals surface area contributed by atoms with Gasteiger partial charge in [0, 0.05) is 41.9 Å². The maximum atomic E-state index is 11.9. The number of carbonyl (C=O) groups is 1. The zero-order valence-corrected chi connectivity index (χ0v) is 14.3. The van der Waals surface area contributed by atoms with E-state index in [4.69, 9.17) is 9.47 Å². The maximum absolute atomic E-state index is 11.9. The molecule has 0 saturated carbocycles. The normalized spacial score (nSPS) is 16.8. The third kappa shape index (κ3) is 4.65. The molecule has 8 heteroatoms. The number of ether oxygens (including phenoxy) is 2. The first-order valence-corrected chi connectivity index (χ1v) is 8.63. The van der Waals surface area contributed by atoms with Crippen molar-refractivity contribution in [2.24, 2.45) is 5.92 Å². The largest absolute Gasteiger partial charge is 0.491 e. The lowest BCUT2D eigenvalue weighted by molar-refractivity contribution is 0.166. The highest BCUT2D eigenvalue weighted by Gasteiger charge is 2.17. The molecule has 7 nitrogen and oxygen atoms in total. The number of hydrogen-bond donors (Lipinski definition) is 2. The lowest BCUT2D eigenvalue weighted by atomic mass is 10.1. The van der Waals surface area contributed by atoms with Crippen LogP contribution in [-0.4, -0.2) is 35.8 Å². The minimum Gasteiger partial charge on any atom is -0.491 e. The van der Waals surface area contributed by atoms with Crippen molar-refractivity contribution in [3.8, 4) is 5.75 Å². The molecule has 0 bridgehead atoms. The number of rotatable bonds is 6. The molecule has 0 aliphatic carbocycles. The Bertz CT molecular complexity index is 685. The van der Waals surface area contributed by atoms with E-state index in [-0.39, 0.29) is 6.03 Å². The van der Waals surface area contributed by atoms with Gasteiger partial charge in [0.25, 0.3) is 0 Å². The molecule has 128 valence electrons. The molecule has 3 rings (SSSR count). The highest BCUT2D eigenvalue weighted by atomic mass is 32.1. The molecule has 0 radical (unpaired) electrons. The Balaban J connectivity index is 1.51. The molecule has 1 aliphatic heterocycles. The first kappa shape index (κ1) is 16.7. The fourth-order valence-electron chi connectivity index (χ4n) is 2.34. The number of hydrogen-bond acceptors (Lipinski definition) is 6. The number of thiazole rings is 1. The lowest BCUT2D eigenvalue weighted by Gasteiger charge is -2.14. The van der Waals surface area contributed by atoms with Gasteiger partial charge in [-0.05, 0) is 19.4 Å². The van der Waals surface area contributed by atoms with Gasteiger partial charge in [-0.15, -0.1) is 11.3 Å². The molecule has 2 amide bonds. The smallest absolute Gasteiger partial charge is 0.321 e. The van der Waals surface area contributed by atoms with Gasteiger partial charge in [0.1, 0.15) is 5.75 Å². The number of urea groups is 1. The van der Waals surface area contributed by atoms with E-state index >= 15 is 0 Å². The lowest BCUT2D eigenvalue weighted by Crippen LogP contribution is -2.28. The summed E-state index contributed by atoms with van der Waals surface area (Å²) in [5, 5.41) is 6.10. The van der Waals surface area contributed by atoms with E-state index < -0.39 is 0 Å². The molecule has 2 N–H and O–H groups in total. The van der Waals surface area contributed by atoms with Crippen LogP contribution < -0.4 is 15.4 Å². The Kier molecular flexibility index (Phi) is 5.60. The molecule has 1 saturated heterocycles. The number of amides is 2. The molecule has 24 heavy (non-hydrogen) atoms. The van der Waals surface area contributed by atoms with Crippen LogP contribution >= 0.6 is 11.3 Å². The monoisotopic (exact) mass is 348 g/mol. The van der Waals surface area contributed by atoms with E-state index in [0.717, 1.165) is 30.1 Å². The van der Waals surface area contributed by atoms with Crippen molar-refractivity contribution >= 4 is 22.5 Å². The molecule has 3 heterocycles. The second kappa shape index (κ2) is 8.07. The zero-order chi connectivity index (χ0) is 16.8. The van der Waals surface area contributed by atoms with Crippen molar-refractivity contribution in [1.29, 1.82) is 0 Å². The summed E-state index contributed by atoms with van der Waals surface area (Å²) in [6.07, 6.45) is 6.10. The van der Waals surface area contributed by atoms with Gasteiger partial charge in [-0.3, -0.25) is 10.3 Å². The second-order valence-electron chi connectivity index (χ2n) is 5.61. The summed E-state index contributed by atoms with van der Waals surface area (Å²) < 4.78 is 11.2. The number of carbonyl (C=O) groups excluding carboxylic acids is 1. The number of aryl methyl sites for hydroxylation is 1. The van der Waals surface area contributed by atoms with Gasteiger partial charge < -0.3 is 14.8 Å². The van der Waals surface area contributed by atoms with Crippen LogP contribution in [0.3, 0.4) is 0 Å². The topological polar surface area (TPSA) is 85.4 Å². The number of pyridine rings is 1. The summed E-state index contributed by atoms with van der Waals surface area (Å²) >= 11 is 1.43. The third-order valence-corrected chi connectivity index (χ3v) is 4.48. The van der Waals surface area contributed by atoms with Gasteiger partial charge in [-0.25, -0.2) is 9.78 Å². The number of nitrogens with one attached hydrogen (secondary N) is 2. The van der Waals surface area contributed by atoms with Gasteiger partial charge in [0.15, 0.2) is 5.13 Å². The van der Waals surface area contributed by atoms with Crippen LogP contribution in [0.5, 0.6) is 5.75 Å². The first-order valence-electron chi connectivity index (χ1n) is 7.81. The van der Waals surface area contributed by atoms with Crippen LogP contribution in [0.2, 0.25) is 0 Å². The van der Waals surface area contributed by atoms with Gasteiger partial charge >= 0.3 is 6.03 Å². The van der Waals surface area contributed by atoms with Crippen LogP contribution in [0.1, 0.15) is 16.9 Å². The zero-order valence-electron chi connectivity index (χ0n) is 13.4. The second-order valence-corrected chi connectivity index (χ2v) is 6.84. The average Bonchev–Trinajstić information content (AvgIpc) is 3.23. The molecule has 2 aromatic rings. The van der Waals surface area contributed by atoms with E-state index in [1.807, 2.05) is 13.0 Å². The third-order valence-electron chi connectivity index (χ3n) is 3.65. The highest BCUT2D eigenvalue weighted by Crippen LogP contribution is 2.20.